The van der Waals surface area contributed by atoms with Gasteiger partial charge in [0, 0.05) is 6.04 Å². The highest BCUT2D eigenvalue weighted by molar-refractivity contribution is 5.85. The van der Waals surface area contributed by atoms with Crippen molar-refractivity contribution in [1.29, 1.82) is 0 Å². The number of carbonyl (C=O) groups is 1. The second-order valence-electron chi connectivity index (χ2n) is 5.95. The summed E-state index contributed by atoms with van der Waals surface area (Å²) in [5.74, 6) is -1.35. The van der Waals surface area contributed by atoms with Crippen molar-refractivity contribution in [2.24, 2.45) is 0 Å². The molecule has 1 aliphatic rings. The van der Waals surface area contributed by atoms with E-state index in [2.05, 4.69) is 23.5 Å². The van der Waals surface area contributed by atoms with Gasteiger partial charge in [0.05, 0.1) is 0 Å². The van der Waals surface area contributed by atoms with Gasteiger partial charge in [-0.25, -0.2) is 0 Å². The van der Waals surface area contributed by atoms with Gasteiger partial charge in [-0.15, -0.1) is 12.4 Å². The lowest BCUT2D eigenvalue weighted by atomic mass is 9.87. The zero-order valence-corrected chi connectivity index (χ0v) is 14.4. The molecule has 0 saturated heterocycles. The number of carboxylic acids is 1. The third-order valence-electron chi connectivity index (χ3n) is 4.35. The Morgan fingerprint density at radius 3 is 2.54 bits per heavy atom. The number of halogens is 1. The van der Waals surface area contributed by atoms with Crippen molar-refractivity contribution in [3.63, 3.8) is 0 Å². The van der Waals surface area contributed by atoms with Crippen molar-refractivity contribution in [2.75, 3.05) is 6.54 Å². The van der Waals surface area contributed by atoms with Crippen molar-refractivity contribution >= 4 is 18.4 Å². The van der Waals surface area contributed by atoms with E-state index in [0.29, 0.717) is 0 Å². The number of hydrogen-bond donors (Lipinski definition) is 2. The molecule has 0 amide bonds. The van der Waals surface area contributed by atoms with E-state index in [-0.39, 0.29) is 18.4 Å². The molecule has 0 radical (unpaired) electrons. The van der Waals surface area contributed by atoms with E-state index < -0.39 is 11.9 Å². The standard InChI is InChI=1S/C20H21NO2.ClH/c1-14-13-16(10-11-17(14)15-7-3-2-4-8-15)19(20(22)23)18-9-5-6-12-21-18;/h2-5,7-11,13,18-19,21H,6,12H2,1H3,(H,22,23);1H/t18-,19+;/m0./s1. The summed E-state index contributed by atoms with van der Waals surface area (Å²) in [5.41, 5.74) is 4.24. The molecule has 4 heteroatoms. The molecule has 0 spiro atoms. The Bertz CT molecular complexity index is 728. The molecule has 2 atom stereocenters. The van der Waals surface area contributed by atoms with E-state index in [1.54, 1.807) is 0 Å². The zero-order valence-electron chi connectivity index (χ0n) is 13.6. The third-order valence-corrected chi connectivity index (χ3v) is 4.35. The summed E-state index contributed by atoms with van der Waals surface area (Å²) in [5, 5.41) is 13.0. The molecule has 3 rings (SSSR count). The van der Waals surface area contributed by atoms with Crippen LogP contribution < -0.4 is 5.32 Å². The highest BCUT2D eigenvalue weighted by Crippen LogP contribution is 2.29. The summed E-state index contributed by atoms with van der Waals surface area (Å²) < 4.78 is 0. The number of rotatable bonds is 4. The quantitative estimate of drug-likeness (QED) is 0.819. The Hall–Kier alpha value is -2.10. The van der Waals surface area contributed by atoms with Crippen LogP contribution in [0.5, 0.6) is 0 Å². The van der Waals surface area contributed by atoms with Crippen LogP contribution in [-0.2, 0) is 4.79 Å². The van der Waals surface area contributed by atoms with Crippen LogP contribution in [0.3, 0.4) is 0 Å². The zero-order chi connectivity index (χ0) is 16.2. The minimum absolute atomic E-state index is 0. The average molecular weight is 344 g/mol. The lowest BCUT2D eigenvalue weighted by molar-refractivity contribution is -0.139. The molecule has 0 aliphatic carbocycles. The summed E-state index contributed by atoms with van der Waals surface area (Å²) in [6.07, 6.45) is 4.99. The number of aryl methyl sites for hydroxylation is 1. The van der Waals surface area contributed by atoms with Gasteiger partial charge in [0.2, 0.25) is 0 Å². The first-order chi connectivity index (χ1) is 11.2. The smallest absolute Gasteiger partial charge is 0.312 e. The van der Waals surface area contributed by atoms with Gasteiger partial charge < -0.3 is 10.4 Å². The number of aliphatic carboxylic acids is 1. The Kier molecular flexibility index (Phi) is 6.18. The Morgan fingerprint density at radius 2 is 1.96 bits per heavy atom. The van der Waals surface area contributed by atoms with Gasteiger partial charge in [-0.1, -0.05) is 60.7 Å². The van der Waals surface area contributed by atoms with E-state index in [1.165, 1.54) is 0 Å². The van der Waals surface area contributed by atoms with Crippen LogP contribution in [0.15, 0.2) is 60.7 Å². The van der Waals surface area contributed by atoms with Gasteiger partial charge in [-0.05, 0) is 42.1 Å². The van der Waals surface area contributed by atoms with Crippen LogP contribution in [0.25, 0.3) is 11.1 Å². The first-order valence-electron chi connectivity index (χ1n) is 7.95. The monoisotopic (exact) mass is 343 g/mol. The van der Waals surface area contributed by atoms with Crippen molar-refractivity contribution in [2.45, 2.75) is 25.3 Å². The van der Waals surface area contributed by atoms with Crippen LogP contribution >= 0.6 is 12.4 Å². The Labute approximate surface area is 148 Å². The van der Waals surface area contributed by atoms with Crippen LogP contribution in [-0.4, -0.2) is 23.7 Å². The van der Waals surface area contributed by atoms with E-state index in [1.807, 2.05) is 49.4 Å². The van der Waals surface area contributed by atoms with E-state index in [0.717, 1.165) is 35.2 Å². The summed E-state index contributed by atoms with van der Waals surface area (Å²) >= 11 is 0. The maximum Gasteiger partial charge on any atom is 0.312 e. The fourth-order valence-electron chi connectivity index (χ4n) is 3.20. The highest BCUT2D eigenvalue weighted by atomic mass is 35.5. The number of benzene rings is 2. The van der Waals surface area contributed by atoms with Crippen LogP contribution in [0, 0.1) is 6.92 Å². The van der Waals surface area contributed by atoms with Crippen molar-refractivity contribution in [3.05, 3.63) is 71.8 Å². The average Bonchev–Trinajstić information content (AvgIpc) is 2.57. The molecule has 0 bridgehead atoms. The van der Waals surface area contributed by atoms with E-state index in [9.17, 15) is 9.90 Å². The Morgan fingerprint density at radius 1 is 1.21 bits per heavy atom. The van der Waals surface area contributed by atoms with Gasteiger partial charge in [-0.2, -0.15) is 0 Å². The van der Waals surface area contributed by atoms with Crippen LogP contribution in [0.2, 0.25) is 0 Å². The first-order valence-corrected chi connectivity index (χ1v) is 7.95. The lowest BCUT2D eigenvalue weighted by Crippen LogP contribution is -2.39. The number of nitrogens with one attached hydrogen (secondary N) is 1. The predicted molar refractivity (Wildman–Crippen MR) is 99.8 cm³/mol. The molecule has 2 aromatic rings. The van der Waals surface area contributed by atoms with Crippen molar-refractivity contribution < 1.29 is 9.90 Å². The molecular formula is C20H22ClNO2. The second-order valence-corrected chi connectivity index (χ2v) is 5.95. The predicted octanol–water partition coefficient (Wildman–Crippen LogP) is 4.17. The maximum absolute atomic E-state index is 11.8. The molecule has 2 aromatic carbocycles. The highest BCUT2D eigenvalue weighted by Gasteiger charge is 2.29. The topological polar surface area (TPSA) is 49.3 Å². The SMILES string of the molecule is Cc1cc([C@@H](C(=O)O)[C@@H]2C=CCCN2)ccc1-c1ccccc1.Cl. The number of hydrogen-bond acceptors (Lipinski definition) is 2. The van der Waals surface area contributed by atoms with Crippen LogP contribution in [0.1, 0.15) is 23.5 Å². The summed E-state index contributed by atoms with van der Waals surface area (Å²) in [4.78, 5) is 11.8. The van der Waals surface area contributed by atoms with Crippen molar-refractivity contribution in [1.82, 2.24) is 5.32 Å². The summed E-state index contributed by atoms with van der Waals surface area (Å²) in [7, 11) is 0. The van der Waals surface area contributed by atoms with Gasteiger partial charge in [0.15, 0.2) is 0 Å². The lowest BCUT2D eigenvalue weighted by Gasteiger charge is -2.25. The number of carboxylic acid groups (broad SMARTS) is 1. The maximum atomic E-state index is 11.8. The molecular weight excluding hydrogens is 322 g/mol. The van der Waals surface area contributed by atoms with Gasteiger partial charge >= 0.3 is 5.97 Å². The van der Waals surface area contributed by atoms with Crippen LogP contribution in [0.4, 0.5) is 0 Å². The molecule has 1 aliphatic heterocycles. The Balaban J connectivity index is 0.00000208. The minimum Gasteiger partial charge on any atom is -0.481 e. The van der Waals surface area contributed by atoms with E-state index >= 15 is 0 Å². The van der Waals surface area contributed by atoms with E-state index in [4.69, 9.17) is 0 Å². The normalized spacial score (nSPS) is 17.8. The van der Waals surface area contributed by atoms with Gasteiger partial charge in [0.25, 0.3) is 0 Å². The van der Waals surface area contributed by atoms with Gasteiger partial charge in [0.1, 0.15) is 5.92 Å². The fourth-order valence-corrected chi connectivity index (χ4v) is 3.20. The fraction of sp³-hybridized carbons (Fsp3) is 0.250. The first kappa shape index (κ1) is 18.2. The molecule has 1 heterocycles. The largest absolute Gasteiger partial charge is 0.481 e. The minimum atomic E-state index is -0.791. The summed E-state index contributed by atoms with van der Waals surface area (Å²) in [6.45, 7) is 2.86. The molecule has 2 N–H and O–H groups in total. The van der Waals surface area contributed by atoms with Gasteiger partial charge in [-0.3, -0.25) is 4.79 Å². The summed E-state index contributed by atoms with van der Waals surface area (Å²) in [6, 6.07) is 16.0. The molecule has 24 heavy (non-hydrogen) atoms. The second kappa shape index (κ2) is 8.13. The molecule has 126 valence electrons. The molecule has 0 unspecified atom stereocenters. The molecule has 3 nitrogen and oxygen atoms in total. The molecule has 0 fully saturated rings. The third kappa shape index (κ3) is 3.86. The molecule has 0 aromatic heterocycles. The van der Waals surface area contributed by atoms with Crippen molar-refractivity contribution in [3.8, 4) is 11.1 Å². The molecule has 0 saturated carbocycles.